The first kappa shape index (κ1) is 48.4. The summed E-state index contributed by atoms with van der Waals surface area (Å²) >= 11 is 0. The summed E-state index contributed by atoms with van der Waals surface area (Å²) in [7, 11) is -18.9. The predicted molar refractivity (Wildman–Crippen MR) is 157 cm³/mol. The SMILES string of the molecule is O=S(=O)([O-])c1cc(O)ccc1O.O=S(=O)([O-])c1cc(O)ccc1O.O=S(=O)([O-])c1cc(O)ccc1O.O=S(=O)([O-])c1cc(O)ccc1O.[Mg+2].[Zn+2]. The van der Waals surface area contributed by atoms with Crippen LogP contribution in [0.2, 0.25) is 0 Å². The van der Waals surface area contributed by atoms with E-state index in [4.69, 9.17) is 40.9 Å². The molecule has 0 spiro atoms. The second-order valence-corrected chi connectivity index (χ2v) is 13.8. The van der Waals surface area contributed by atoms with Crippen molar-refractivity contribution in [2.24, 2.45) is 0 Å². The van der Waals surface area contributed by atoms with Crippen LogP contribution in [0.1, 0.15) is 0 Å². The average molecular weight is 846 g/mol. The largest absolute Gasteiger partial charge is 2.00 e. The molecule has 264 valence electrons. The number of phenolic OH excluding ortho intramolecular Hbond substituents is 8. The Hall–Kier alpha value is -3.69. The third-order valence-corrected chi connectivity index (χ3v) is 8.31. The van der Waals surface area contributed by atoms with Gasteiger partial charge in [-0.3, -0.25) is 0 Å². The molecular formula is C24H20MgO20S4Zn. The summed E-state index contributed by atoms with van der Waals surface area (Å²) in [5.41, 5.74) is 0. The van der Waals surface area contributed by atoms with Crippen LogP contribution in [0.5, 0.6) is 46.0 Å². The summed E-state index contributed by atoms with van der Waals surface area (Å²) in [6, 6.07) is 10.8. The van der Waals surface area contributed by atoms with E-state index >= 15 is 0 Å². The minimum absolute atomic E-state index is 0. The third kappa shape index (κ3) is 15.9. The molecular weight excluding hydrogens is 826 g/mol. The molecule has 4 aromatic carbocycles. The molecule has 0 radical (unpaired) electrons. The van der Waals surface area contributed by atoms with E-state index in [-0.39, 0.29) is 65.5 Å². The number of rotatable bonds is 4. The summed E-state index contributed by atoms with van der Waals surface area (Å²) in [5, 5.41) is 70.7. The minimum atomic E-state index is -4.72. The second kappa shape index (κ2) is 19.1. The maximum Gasteiger partial charge on any atom is 2.00 e. The molecule has 26 heteroatoms. The second-order valence-electron chi connectivity index (χ2n) is 8.42. The zero-order chi connectivity index (χ0) is 37.4. The van der Waals surface area contributed by atoms with Crippen LogP contribution in [0, 0.1) is 0 Å². The van der Waals surface area contributed by atoms with Crippen LogP contribution in [-0.2, 0) is 60.0 Å². The Morgan fingerprint density at radius 1 is 0.340 bits per heavy atom. The number of phenols is 8. The molecule has 0 amide bonds. The maximum atomic E-state index is 10.4. The Kier molecular flexibility index (Phi) is 18.5. The molecule has 50 heavy (non-hydrogen) atoms. The van der Waals surface area contributed by atoms with Gasteiger partial charge in [0, 0.05) is 24.3 Å². The Morgan fingerprint density at radius 2 is 0.480 bits per heavy atom. The maximum absolute atomic E-state index is 10.4. The van der Waals surface area contributed by atoms with Crippen molar-refractivity contribution >= 4 is 63.5 Å². The van der Waals surface area contributed by atoms with Gasteiger partial charge in [-0.05, 0) is 48.5 Å². The minimum Gasteiger partial charge on any atom is -0.744 e. The van der Waals surface area contributed by atoms with E-state index in [1.807, 2.05) is 0 Å². The fourth-order valence-electron chi connectivity index (χ4n) is 2.81. The molecule has 0 fully saturated rings. The van der Waals surface area contributed by atoms with Crippen LogP contribution >= 0.6 is 0 Å². The van der Waals surface area contributed by atoms with Gasteiger partial charge < -0.3 is 59.1 Å². The van der Waals surface area contributed by atoms with E-state index in [0.717, 1.165) is 48.5 Å². The molecule has 0 saturated carbocycles. The van der Waals surface area contributed by atoms with Gasteiger partial charge in [0.25, 0.3) is 0 Å². The summed E-state index contributed by atoms with van der Waals surface area (Å²) < 4.78 is 125. The van der Waals surface area contributed by atoms with E-state index < -0.39 is 83.1 Å². The van der Waals surface area contributed by atoms with Crippen molar-refractivity contribution in [3.8, 4) is 46.0 Å². The molecule has 0 aliphatic rings. The molecule has 0 aliphatic carbocycles. The Morgan fingerprint density at radius 3 is 0.580 bits per heavy atom. The van der Waals surface area contributed by atoms with Crippen molar-refractivity contribution in [2.75, 3.05) is 0 Å². The third-order valence-electron chi connectivity index (χ3n) is 4.85. The van der Waals surface area contributed by atoms with Crippen molar-refractivity contribution in [3.05, 3.63) is 72.8 Å². The molecule has 0 unspecified atom stereocenters. The molecule has 0 aromatic heterocycles. The van der Waals surface area contributed by atoms with Crippen molar-refractivity contribution in [2.45, 2.75) is 19.6 Å². The van der Waals surface area contributed by atoms with Crippen molar-refractivity contribution in [1.29, 1.82) is 0 Å². The summed E-state index contributed by atoms with van der Waals surface area (Å²) in [5.74, 6) is -4.20. The van der Waals surface area contributed by atoms with E-state index in [9.17, 15) is 51.9 Å². The van der Waals surface area contributed by atoms with Crippen LogP contribution in [0.15, 0.2) is 92.4 Å². The smallest absolute Gasteiger partial charge is 0.744 e. The fraction of sp³-hybridized carbons (Fsp3) is 0. The number of hydrogen-bond donors (Lipinski definition) is 8. The first-order valence-electron chi connectivity index (χ1n) is 11.6. The quantitative estimate of drug-likeness (QED) is 0.0737. The molecule has 8 N–H and O–H groups in total. The average Bonchev–Trinajstić information content (AvgIpc) is 2.93. The molecule has 0 aliphatic heterocycles. The summed E-state index contributed by atoms with van der Waals surface area (Å²) in [6.07, 6.45) is 0. The van der Waals surface area contributed by atoms with Gasteiger partial charge in [0.15, 0.2) is 0 Å². The van der Waals surface area contributed by atoms with Gasteiger partial charge >= 0.3 is 42.5 Å². The molecule has 0 saturated heterocycles. The van der Waals surface area contributed by atoms with Crippen LogP contribution in [0.25, 0.3) is 0 Å². The van der Waals surface area contributed by atoms with Crippen LogP contribution in [0.4, 0.5) is 0 Å². The van der Waals surface area contributed by atoms with Crippen LogP contribution in [0.3, 0.4) is 0 Å². The zero-order valence-electron chi connectivity index (χ0n) is 24.5. The standard InChI is InChI=1S/4C6H6O5S.Mg.Zn/c4*7-4-1-2-5(8)6(3-4)12(9,10)11;;/h4*1-3,7-8H,(H,9,10,11);;/q;;;;2*+2/p-4. The fourth-order valence-corrected chi connectivity index (χ4v) is 5.17. The molecule has 0 atom stereocenters. The molecule has 4 aromatic rings. The first-order valence-corrected chi connectivity index (χ1v) is 17.2. The van der Waals surface area contributed by atoms with Crippen LogP contribution in [-0.4, -0.2) is 116 Å². The van der Waals surface area contributed by atoms with Gasteiger partial charge in [0.05, 0.1) is 19.6 Å². The Labute approximate surface area is 312 Å². The number of benzene rings is 4. The van der Waals surface area contributed by atoms with E-state index in [2.05, 4.69) is 0 Å². The number of hydrogen-bond acceptors (Lipinski definition) is 20. The Balaban J connectivity index is 0. The molecule has 0 bridgehead atoms. The molecule has 20 nitrogen and oxygen atoms in total. The van der Waals surface area contributed by atoms with Crippen molar-refractivity contribution in [3.63, 3.8) is 0 Å². The van der Waals surface area contributed by atoms with Crippen LogP contribution < -0.4 is 0 Å². The first-order chi connectivity index (χ1) is 21.6. The monoisotopic (exact) mass is 844 g/mol. The molecule has 4 rings (SSSR count). The van der Waals surface area contributed by atoms with Gasteiger partial charge in [-0.1, -0.05) is 0 Å². The normalized spacial score (nSPS) is 11.0. The van der Waals surface area contributed by atoms with Gasteiger partial charge in [0.1, 0.15) is 86.5 Å². The van der Waals surface area contributed by atoms with Gasteiger partial charge in [-0.15, -0.1) is 0 Å². The summed E-state index contributed by atoms with van der Waals surface area (Å²) in [4.78, 5) is -3.27. The van der Waals surface area contributed by atoms with Crippen molar-refractivity contribution < 1.29 is 112 Å². The zero-order valence-corrected chi connectivity index (χ0v) is 32.1. The van der Waals surface area contributed by atoms with E-state index in [0.29, 0.717) is 24.3 Å². The number of aromatic hydroxyl groups is 8. The summed E-state index contributed by atoms with van der Waals surface area (Å²) in [6.45, 7) is 0. The predicted octanol–water partition coefficient (Wildman–Crippen LogP) is -0.376. The van der Waals surface area contributed by atoms with Crippen molar-refractivity contribution in [1.82, 2.24) is 0 Å². The topological polar surface area (TPSA) is 391 Å². The van der Waals surface area contributed by atoms with Gasteiger partial charge in [0.2, 0.25) is 0 Å². The molecule has 0 heterocycles. The van der Waals surface area contributed by atoms with Gasteiger partial charge in [-0.2, -0.15) is 0 Å². The van der Waals surface area contributed by atoms with Gasteiger partial charge in [-0.25, -0.2) is 33.7 Å². The van der Waals surface area contributed by atoms with E-state index in [1.54, 1.807) is 0 Å². The Bertz CT molecular complexity index is 1910. The van der Waals surface area contributed by atoms with E-state index in [1.165, 1.54) is 0 Å².